The van der Waals surface area contributed by atoms with Crippen LogP contribution < -0.4 is 5.32 Å². The van der Waals surface area contributed by atoms with Crippen LogP contribution in [0.5, 0.6) is 0 Å². The lowest BCUT2D eigenvalue weighted by Crippen LogP contribution is -2.71. The van der Waals surface area contributed by atoms with Gasteiger partial charge >= 0.3 is 0 Å². The van der Waals surface area contributed by atoms with E-state index >= 15 is 0 Å². The van der Waals surface area contributed by atoms with Crippen molar-refractivity contribution in [1.82, 2.24) is 10.2 Å². The van der Waals surface area contributed by atoms with E-state index in [1.165, 1.54) is 0 Å². The molecule has 0 saturated carbocycles. The van der Waals surface area contributed by atoms with Crippen molar-refractivity contribution in [1.29, 1.82) is 0 Å². The summed E-state index contributed by atoms with van der Waals surface area (Å²) in [6.45, 7) is 7.00. The third kappa shape index (κ3) is 2.48. The zero-order valence-corrected chi connectivity index (χ0v) is 12.1. The van der Waals surface area contributed by atoms with Crippen LogP contribution in [0.2, 0.25) is 0 Å². The average Bonchev–Trinajstić information content (AvgIpc) is 2.43. The maximum Gasteiger partial charge on any atom is 0.249 e. The van der Waals surface area contributed by atoms with Crippen molar-refractivity contribution in [2.45, 2.75) is 64.1 Å². The van der Waals surface area contributed by atoms with Crippen molar-refractivity contribution in [3.63, 3.8) is 0 Å². The molecule has 0 spiro atoms. The molecule has 5 heteroatoms. The van der Waals surface area contributed by atoms with Crippen LogP contribution in [0.3, 0.4) is 0 Å². The normalized spacial score (nSPS) is 36.3. The van der Waals surface area contributed by atoms with E-state index in [0.29, 0.717) is 19.4 Å². The lowest BCUT2D eigenvalue weighted by molar-refractivity contribution is -0.160. The molecule has 2 amide bonds. The van der Waals surface area contributed by atoms with E-state index in [4.69, 9.17) is 4.74 Å². The van der Waals surface area contributed by atoms with E-state index in [1.54, 1.807) is 4.90 Å². The van der Waals surface area contributed by atoms with Gasteiger partial charge in [0.25, 0.3) is 0 Å². The summed E-state index contributed by atoms with van der Waals surface area (Å²) in [7, 11) is 0. The molecule has 19 heavy (non-hydrogen) atoms. The van der Waals surface area contributed by atoms with Crippen LogP contribution in [-0.4, -0.2) is 47.6 Å². The second kappa shape index (κ2) is 5.49. The van der Waals surface area contributed by atoms with Crippen molar-refractivity contribution < 1.29 is 14.3 Å². The van der Waals surface area contributed by atoms with E-state index in [-0.39, 0.29) is 23.9 Å². The third-order valence-corrected chi connectivity index (χ3v) is 4.37. The summed E-state index contributed by atoms with van der Waals surface area (Å²) in [5, 5.41) is 2.89. The SMILES string of the molecule is CCC1C(=O)NC(C)(CC)C(=O)N1C1CCCOC1. The minimum Gasteiger partial charge on any atom is -0.379 e. The second-order valence-corrected chi connectivity index (χ2v) is 5.68. The molecule has 2 saturated heterocycles. The lowest BCUT2D eigenvalue weighted by Gasteiger charge is -2.48. The number of carbonyl (C=O) groups is 2. The predicted octanol–water partition coefficient (Wildman–Crippen LogP) is 1.07. The Bertz CT molecular complexity index is 366. The fraction of sp³-hybridized carbons (Fsp3) is 0.857. The predicted molar refractivity (Wildman–Crippen MR) is 71.6 cm³/mol. The first-order valence-corrected chi connectivity index (χ1v) is 7.26. The van der Waals surface area contributed by atoms with Gasteiger partial charge < -0.3 is 15.0 Å². The van der Waals surface area contributed by atoms with Gasteiger partial charge in [-0.3, -0.25) is 9.59 Å². The minimum atomic E-state index is -0.764. The summed E-state index contributed by atoms with van der Waals surface area (Å²) in [6, 6.07) is -0.304. The van der Waals surface area contributed by atoms with Crippen molar-refractivity contribution >= 4 is 11.8 Å². The zero-order valence-electron chi connectivity index (χ0n) is 12.1. The number of carbonyl (C=O) groups excluding carboxylic acids is 2. The highest BCUT2D eigenvalue weighted by Gasteiger charge is 2.48. The van der Waals surface area contributed by atoms with Gasteiger partial charge in [-0.05, 0) is 32.6 Å². The van der Waals surface area contributed by atoms with E-state index in [2.05, 4.69) is 5.32 Å². The Hall–Kier alpha value is -1.10. The number of ether oxygens (including phenoxy) is 1. The molecule has 3 atom stereocenters. The fourth-order valence-electron chi connectivity index (χ4n) is 2.95. The number of hydrogen-bond acceptors (Lipinski definition) is 3. The molecule has 0 radical (unpaired) electrons. The Balaban J connectivity index is 2.28. The van der Waals surface area contributed by atoms with Crippen molar-refractivity contribution in [3.8, 4) is 0 Å². The Kier molecular flexibility index (Phi) is 4.13. The van der Waals surface area contributed by atoms with Crippen molar-refractivity contribution in [3.05, 3.63) is 0 Å². The van der Waals surface area contributed by atoms with Crippen LogP contribution in [0.25, 0.3) is 0 Å². The molecule has 3 unspecified atom stereocenters. The summed E-state index contributed by atoms with van der Waals surface area (Å²) in [5.74, 6) is 0.00831. The molecule has 0 aromatic carbocycles. The zero-order chi connectivity index (χ0) is 14.0. The number of nitrogens with zero attached hydrogens (tertiary/aromatic N) is 1. The van der Waals surface area contributed by atoms with Crippen LogP contribution >= 0.6 is 0 Å². The second-order valence-electron chi connectivity index (χ2n) is 5.68. The number of nitrogens with one attached hydrogen (secondary N) is 1. The lowest BCUT2D eigenvalue weighted by atomic mass is 9.89. The Morgan fingerprint density at radius 3 is 2.68 bits per heavy atom. The van der Waals surface area contributed by atoms with Gasteiger partial charge in [-0.25, -0.2) is 0 Å². The first-order valence-electron chi connectivity index (χ1n) is 7.26. The quantitative estimate of drug-likeness (QED) is 0.833. The van der Waals surface area contributed by atoms with Gasteiger partial charge in [0.05, 0.1) is 12.6 Å². The van der Waals surface area contributed by atoms with Gasteiger partial charge in [-0.1, -0.05) is 13.8 Å². The Morgan fingerprint density at radius 1 is 1.42 bits per heavy atom. The number of rotatable bonds is 3. The highest BCUT2D eigenvalue weighted by molar-refractivity contribution is 5.99. The third-order valence-electron chi connectivity index (χ3n) is 4.37. The molecule has 5 nitrogen and oxygen atoms in total. The van der Waals surface area contributed by atoms with Gasteiger partial charge in [0.1, 0.15) is 11.6 Å². The molecule has 2 aliphatic heterocycles. The van der Waals surface area contributed by atoms with Crippen molar-refractivity contribution in [2.24, 2.45) is 0 Å². The van der Waals surface area contributed by atoms with Gasteiger partial charge in [0, 0.05) is 6.61 Å². The summed E-state index contributed by atoms with van der Waals surface area (Å²) in [5.41, 5.74) is -0.764. The molecule has 2 heterocycles. The Labute approximate surface area is 114 Å². The largest absolute Gasteiger partial charge is 0.379 e. The van der Waals surface area contributed by atoms with Gasteiger partial charge in [-0.2, -0.15) is 0 Å². The standard InChI is InChI=1S/C14H24N2O3/c1-4-11-12(17)15-14(3,5-2)13(18)16(11)10-7-6-8-19-9-10/h10-11H,4-9H2,1-3H3,(H,15,17). The first kappa shape index (κ1) is 14.3. The highest BCUT2D eigenvalue weighted by Crippen LogP contribution is 2.27. The van der Waals surface area contributed by atoms with E-state index in [0.717, 1.165) is 19.4 Å². The van der Waals surface area contributed by atoms with Crippen LogP contribution in [0.15, 0.2) is 0 Å². The monoisotopic (exact) mass is 268 g/mol. The minimum absolute atomic E-state index is 0.0305. The molecular formula is C14H24N2O3. The molecule has 0 aromatic rings. The molecule has 1 N–H and O–H groups in total. The number of hydrogen-bond donors (Lipinski definition) is 1. The molecule has 0 aliphatic carbocycles. The molecule has 0 aromatic heterocycles. The van der Waals surface area contributed by atoms with E-state index < -0.39 is 5.54 Å². The van der Waals surface area contributed by atoms with Crippen LogP contribution in [0, 0.1) is 0 Å². The average molecular weight is 268 g/mol. The Morgan fingerprint density at radius 2 is 2.16 bits per heavy atom. The van der Waals surface area contributed by atoms with Gasteiger partial charge in [0.15, 0.2) is 0 Å². The maximum absolute atomic E-state index is 12.7. The molecular weight excluding hydrogens is 244 g/mol. The molecule has 2 rings (SSSR count). The van der Waals surface area contributed by atoms with E-state index in [1.807, 2.05) is 20.8 Å². The number of piperazine rings is 1. The summed E-state index contributed by atoms with van der Waals surface area (Å²) in [6.07, 6.45) is 3.14. The number of amides is 2. The van der Waals surface area contributed by atoms with Crippen molar-refractivity contribution in [2.75, 3.05) is 13.2 Å². The molecule has 2 aliphatic rings. The highest BCUT2D eigenvalue weighted by atomic mass is 16.5. The fourth-order valence-corrected chi connectivity index (χ4v) is 2.95. The topological polar surface area (TPSA) is 58.6 Å². The van der Waals surface area contributed by atoms with Crippen LogP contribution in [0.1, 0.15) is 46.5 Å². The van der Waals surface area contributed by atoms with Gasteiger partial charge in [-0.15, -0.1) is 0 Å². The van der Waals surface area contributed by atoms with Crippen LogP contribution in [0.4, 0.5) is 0 Å². The summed E-state index contributed by atoms with van der Waals surface area (Å²) >= 11 is 0. The maximum atomic E-state index is 12.7. The molecule has 0 bridgehead atoms. The molecule has 108 valence electrons. The summed E-state index contributed by atoms with van der Waals surface area (Å²) in [4.78, 5) is 26.8. The van der Waals surface area contributed by atoms with E-state index in [9.17, 15) is 9.59 Å². The van der Waals surface area contributed by atoms with Gasteiger partial charge in [0.2, 0.25) is 11.8 Å². The summed E-state index contributed by atoms with van der Waals surface area (Å²) < 4.78 is 5.49. The first-order chi connectivity index (χ1) is 9.03. The smallest absolute Gasteiger partial charge is 0.249 e. The van der Waals surface area contributed by atoms with Crippen LogP contribution in [-0.2, 0) is 14.3 Å². The molecule has 2 fully saturated rings.